The molecule has 1 aromatic rings. The van der Waals surface area contributed by atoms with Gasteiger partial charge in [0.1, 0.15) is 0 Å². The number of amides is 1. The molecule has 0 radical (unpaired) electrons. The molecule has 0 unspecified atom stereocenters. The van der Waals surface area contributed by atoms with Crippen molar-refractivity contribution in [2.24, 2.45) is 5.92 Å². The predicted octanol–water partition coefficient (Wildman–Crippen LogP) is 1.88. The van der Waals surface area contributed by atoms with E-state index in [4.69, 9.17) is 0 Å². The van der Waals surface area contributed by atoms with Gasteiger partial charge in [0.2, 0.25) is 0 Å². The van der Waals surface area contributed by atoms with Crippen molar-refractivity contribution in [2.45, 2.75) is 31.4 Å². The zero-order chi connectivity index (χ0) is 16.6. The number of nitrogens with zero attached hydrogens (tertiary/aromatic N) is 2. The van der Waals surface area contributed by atoms with Crippen LogP contribution in [-0.2, 0) is 0 Å². The fourth-order valence-electron chi connectivity index (χ4n) is 3.35. The maximum atomic E-state index is 13.4. The van der Waals surface area contributed by atoms with Crippen molar-refractivity contribution >= 4 is 5.91 Å². The number of carbonyl (C=O) groups is 1. The largest absolute Gasteiger partial charge is 0.390 e. The fourth-order valence-corrected chi connectivity index (χ4v) is 3.35. The zero-order valence-electron chi connectivity index (χ0n) is 13.2. The number of likely N-dealkylation sites (N-methyl/N-ethyl adjacent to an activating group) is 1. The molecule has 6 heteroatoms. The second-order valence-corrected chi connectivity index (χ2v) is 6.68. The Labute approximate surface area is 134 Å². The Morgan fingerprint density at radius 1 is 1.35 bits per heavy atom. The van der Waals surface area contributed by atoms with Gasteiger partial charge in [-0.25, -0.2) is 8.78 Å². The molecule has 2 fully saturated rings. The molecule has 0 spiro atoms. The highest BCUT2D eigenvalue weighted by Gasteiger charge is 2.36. The normalized spacial score (nSPS) is 20.7. The van der Waals surface area contributed by atoms with E-state index in [1.54, 1.807) is 11.9 Å². The van der Waals surface area contributed by atoms with Gasteiger partial charge >= 0.3 is 0 Å². The lowest BCUT2D eigenvalue weighted by Crippen LogP contribution is -2.58. The first kappa shape index (κ1) is 16.3. The summed E-state index contributed by atoms with van der Waals surface area (Å²) in [5.41, 5.74) is 0.166. The lowest BCUT2D eigenvalue weighted by atomic mass is 9.78. The minimum atomic E-state index is -1.00. The molecule has 126 valence electrons. The summed E-state index contributed by atoms with van der Waals surface area (Å²) < 4.78 is 26.4. The maximum Gasteiger partial charge on any atom is 0.254 e. The SMILES string of the molecule is CN(C(=O)c1ccc(F)c(F)c1)[C@@H](CN1CC(O)C1)C1CCC1. The average Bonchev–Trinajstić information content (AvgIpc) is 2.44. The number of carbonyl (C=O) groups excluding carboxylic acids is 1. The van der Waals surface area contributed by atoms with Crippen LogP contribution in [0.2, 0.25) is 0 Å². The van der Waals surface area contributed by atoms with Crippen molar-refractivity contribution < 1.29 is 18.7 Å². The van der Waals surface area contributed by atoms with Gasteiger partial charge in [0.25, 0.3) is 5.91 Å². The summed E-state index contributed by atoms with van der Waals surface area (Å²) in [6.07, 6.45) is 3.05. The summed E-state index contributed by atoms with van der Waals surface area (Å²) in [5.74, 6) is -1.81. The van der Waals surface area contributed by atoms with Crippen LogP contribution in [0.1, 0.15) is 29.6 Å². The van der Waals surface area contributed by atoms with Crippen molar-refractivity contribution in [3.63, 3.8) is 0 Å². The topological polar surface area (TPSA) is 43.8 Å². The number of rotatable bonds is 5. The van der Waals surface area contributed by atoms with Crippen LogP contribution in [0.4, 0.5) is 8.78 Å². The fraction of sp³-hybridized carbons (Fsp3) is 0.588. The Morgan fingerprint density at radius 2 is 2.04 bits per heavy atom. The van der Waals surface area contributed by atoms with Gasteiger partial charge in [-0.2, -0.15) is 0 Å². The van der Waals surface area contributed by atoms with E-state index in [1.807, 2.05) is 0 Å². The first-order valence-electron chi connectivity index (χ1n) is 8.08. The van der Waals surface area contributed by atoms with Crippen LogP contribution in [-0.4, -0.2) is 59.6 Å². The predicted molar refractivity (Wildman–Crippen MR) is 82.0 cm³/mol. The average molecular weight is 324 g/mol. The molecule has 3 rings (SSSR count). The first-order chi connectivity index (χ1) is 11.0. The Balaban J connectivity index is 1.72. The van der Waals surface area contributed by atoms with Crippen LogP contribution in [0.15, 0.2) is 18.2 Å². The van der Waals surface area contributed by atoms with Gasteiger partial charge in [-0.3, -0.25) is 9.69 Å². The third-order valence-electron chi connectivity index (χ3n) is 5.06. The summed E-state index contributed by atoms with van der Waals surface area (Å²) in [4.78, 5) is 16.4. The van der Waals surface area contributed by atoms with Crippen LogP contribution in [0.25, 0.3) is 0 Å². The smallest absolute Gasteiger partial charge is 0.254 e. The van der Waals surface area contributed by atoms with Crippen LogP contribution < -0.4 is 0 Å². The second kappa shape index (κ2) is 6.53. The summed E-state index contributed by atoms with van der Waals surface area (Å²) in [6, 6.07) is 3.31. The minimum absolute atomic E-state index is 0.0388. The molecular weight excluding hydrogens is 302 g/mol. The van der Waals surface area contributed by atoms with Crippen molar-refractivity contribution in [3.05, 3.63) is 35.4 Å². The summed E-state index contributed by atoms with van der Waals surface area (Å²) >= 11 is 0. The van der Waals surface area contributed by atoms with Gasteiger partial charge in [-0.1, -0.05) is 6.42 Å². The molecule has 0 aromatic heterocycles. The van der Waals surface area contributed by atoms with E-state index in [9.17, 15) is 18.7 Å². The van der Waals surface area contributed by atoms with E-state index in [0.717, 1.165) is 31.4 Å². The third kappa shape index (κ3) is 3.38. The van der Waals surface area contributed by atoms with E-state index in [2.05, 4.69) is 4.90 Å². The molecular formula is C17H22F2N2O2. The standard InChI is InChI=1S/C17H22F2N2O2/c1-20(17(23)12-5-6-14(18)15(19)7-12)16(11-3-2-4-11)10-21-8-13(22)9-21/h5-7,11,13,16,22H,2-4,8-10H2,1H3/t16-/m0/s1. The molecule has 1 aliphatic heterocycles. The Kier molecular flexibility index (Phi) is 4.64. The lowest BCUT2D eigenvalue weighted by Gasteiger charge is -2.45. The minimum Gasteiger partial charge on any atom is -0.390 e. The summed E-state index contributed by atoms with van der Waals surface area (Å²) in [7, 11) is 1.72. The Hall–Kier alpha value is -1.53. The van der Waals surface area contributed by atoms with Crippen molar-refractivity contribution in [2.75, 3.05) is 26.7 Å². The van der Waals surface area contributed by atoms with E-state index < -0.39 is 11.6 Å². The third-order valence-corrected chi connectivity index (χ3v) is 5.06. The van der Waals surface area contributed by atoms with Crippen molar-refractivity contribution in [1.29, 1.82) is 0 Å². The van der Waals surface area contributed by atoms with Crippen molar-refractivity contribution in [3.8, 4) is 0 Å². The maximum absolute atomic E-state index is 13.4. The van der Waals surface area contributed by atoms with Crippen LogP contribution in [0.3, 0.4) is 0 Å². The molecule has 1 saturated carbocycles. The molecule has 23 heavy (non-hydrogen) atoms. The molecule has 1 aromatic carbocycles. The molecule has 1 heterocycles. The first-order valence-corrected chi connectivity index (χ1v) is 8.08. The highest BCUT2D eigenvalue weighted by atomic mass is 19.2. The summed E-state index contributed by atoms with van der Waals surface area (Å²) in [5, 5.41) is 9.42. The number of aliphatic hydroxyl groups is 1. The number of benzene rings is 1. The number of hydrogen-bond donors (Lipinski definition) is 1. The number of β-amino-alcohol motifs (C(OH)–C–C–N with tert-alkyl or cyclic N) is 1. The highest BCUT2D eigenvalue weighted by molar-refractivity contribution is 5.94. The molecule has 1 N–H and O–H groups in total. The van der Waals surface area contributed by atoms with E-state index >= 15 is 0 Å². The van der Waals surface area contributed by atoms with Gasteiger partial charge in [0.15, 0.2) is 11.6 Å². The molecule has 1 aliphatic carbocycles. The van der Waals surface area contributed by atoms with Crippen LogP contribution in [0.5, 0.6) is 0 Å². The van der Waals surface area contributed by atoms with Gasteiger partial charge < -0.3 is 10.0 Å². The van der Waals surface area contributed by atoms with Crippen LogP contribution >= 0.6 is 0 Å². The van der Waals surface area contributed by atoms with Gasteiger partial charge in [0.05, 0.1) is 6.10 Å². The zero-order valence-corrected chi connectivity index (χ0v) is 13.2. The second-order valence-electron chi connectivity index (χ2n) is 6.68. The molecule has 1 amide bonds. The quantitative estimate of drug-likeness (QED) is 0.899. The highest BCUT2D eigenvalue weighted by Crippen LogP contribution is 2.33. The number of likely N-dealkylation sites (tertiary alicyclic amines) is 1. The Bertz CT molecular complexity index is 586. The monoisotopic (exact) mass is 324 g/mol. The Morgan fingerprint density at radius 3 is 2.57 bits per heavy atom. The van der Waals surface area contributed by atoms with Gasteiger partial charge in [0, 0.05) is 38.3 Å². The van der Waals surface area contributed by atoms with Crippen molar-refractivity contribution in [1.82, 2.24) is 9.80 Å². The molecule has 4 nitrogen and oxygen atoms in total. The lowest BCUT2D eigenvalue weighted by molar-refractivity contribution is -0.0223. The van der Waals surface area contributed by atoms with Gasteiger partial charge in [-0.05, 0) is 37.0 Å². The number of halogens is 2. The van der Waals surface area contributed by atoms with E-state index in [-0.39, 0.29) is 23.6 Å². The molecule has 2 aliphatic rings. The molecule has 1 atom stereocenters. The van der Waals surface area contributed by atoms with E-state index in [1.165, 1.54) is 6.07 Å². The number of aliphatic hydroxyl groups excluding tert-OH is 1. The van der Waals surface area contributed by atoms with E-state index in [0.29, 0.717) is 25.6 Å². The number of hydrogen-bond acceptors (Lipinski definition) is 3. The van der Waals surface area contributed by atoms with Gasteiger partial charge in [-0.15, -0.1) is 0 Å². The molecule has 1 saturated heterocycles. The summed E-state index contributed by atoms with van der Waals surface area (Å²) in [6.45, 7) is 1.99. The van der Waals surface area contributed by atoms with Crippen LogP contribution in [0, 0.1) is 17.6 Å². The molecule has 0 bridgehead atoms.